The van der Waals surface area contributed by atoms with Crippen molar-refractivity contribution in [2.24, 2.45) is 5.92 Å². The summed E-state index contributed by atoms with van der Waals surface area (Å²) < 4.78 is 5.84. The minimum Gasteiger partial charge on any atom is -0.487 e. The summed E-state index contributed by atoms with van der Waals surface area (Å²) >= 11 is 0. The lowest BCUT2D eigenvalue weighted by molar-refractivity contribution is -0.120. The molecule has 4 heteroatoms. The number of carbonyl (C=O) groups is 2. The largest absolute Gasteiger partial charge is 0.487 e. The van der Waals surface area contributed by atoms with Crippen molar-refractivity contribution in [2.45, 2.75) is 33.3 Å². The van der Waals surface area contributed by atoms with Crippen molar-refractivity contribution in [3.8, 4) is 5.75 Å². The van der Waals surface area contributed by atoms with Gasteiger partial charge in [0, 0.05) is 11.5 Å². The predicted octanol–water partition coefficient (Wildman–Crippen LogP) is 4.45. The molecule has 2 rings (SSSR count). The van der Waals surface area contributed by atoms with Crippen LogP contribution in [-0.4, -0.2) is 12.2 Å². The first-order valence-corrected chi connectivity index (χ1v) is 8.24. The van der Waals surface area contributed by atoms with Crippen molar-refractivity contribution < 1.29 is 14.3 Å². The Hall–Kier alpha value is -2.62. The zero-order valence-electron chi connectivity index (χ0n) is 14.1. The zero-order chi connectivity index (χ0) is 17.4. The van der Waals surface area contributed by atoms with Crippen LogP contribution in [0.15, 0.2) is 48.5 Å². The van der Waals surface area contributed by atoms with E-state index in [0.29, 0.717) is 23.6 Å². The first kappa shape index (κ1) is 17.7. The Kier molecular flexibility index (Phi) is 6.55. The molecule has 0 heterocycles. The Morgan fingerprint density at radius 1 is 1.12 bits per heavy atom. The van der Waals surface area contributed by atoms with Crippen molar-refractivity contribution in [1.82, 2.24) is 0 Å². The number of carbonyl (C=O) groups excluding carboxylic acids is 2. The molecule has 2 aromatic rings. The summed E-state index contributed by atoms with van der Waals surface area (Å²) in [5, 5.41) is 2.90. The summed E-state index contributed by atoms with van der Waals surface area (Å²) in [6.07, 6.45) is 2.31. The predicted molar refractivity (Wildman–Crippen MR) is 95.3 cm³/mol. The average molecular weight is 325 g/mol. The van der Waals surface area contributed by atoms with Crippen LogP contribution < -0.4 is 10.1 Å². The molecular weight excluding hydrogens is 302 g/mol. The molecule has 1 N–H and O–H groups in total. The molecule has 0 aliphatic heterocycles. The maximum absolute atomic E-state index is 12.3. The fourth-order valence-electron chi connectivity index (χ4n) is 2.47. The molecule has 0 aromatic heterocycles. The minimum absolute atomic E-state index is 0.0485. The first-order valence-electron chi connectivity index (χ1n) is 8.24. The Balaban J connectivity index is 2.17. The average Bonchev–Trinajstić information content (AvgIpc) is 2.62. The van der Waals surface area contributed by atoms with E-state index in [1.165, 1.54) is 0 Å². The van der Waals surface area contributed by atoms with Crippen LogP contribution in [0, 0.1) is 5.92 Å². The Morgan fingerprint density at radius 2 is 1.83 bits per heavy atom. The molecule has 0 saturated carbocycles. The molecule has 0 radical (unpaired) electrons. The highest BCUT2D eigenvalue weighted by atomic mass is 16.5. The number of amides is 1. The normalized spacial score (nSPS) is 10.5. The molecule has 126 valence electrons. The van der Waals surface area contributed by atoms with Crippen molar-refractivity contribution in [3.05, 3.63) is 59.7 Å². The summed E-state index contributed by atoms with van der Waals surface area (Å²) in [5.74, 6) is 0.461. The van der Waals surface area contributed by atoms with E-state index < -0.39 is 0 Å². The van der Waals surface area contributed by atoms with Gasteiger partial charge in [0.05, 0.1) is 5.69 Å². The molecule has 0 atom stereocenters. The monoisotopic (exact) mass is 325 g/mol. The van der Waals surface area contributed by atoms with E-state index in [1.54, 1.807) is 18.2 Å². The highest BCUT2D eigenvalue weighted by Crippen LogP contribution is 2.27. The maximum Gasteiger partial charge on any atom is 0.227 e. The van der Waals surface area contributed by atoms with Gasteiger partial charge < -0.3 is 10.1 Å². The van der Waals surface area contributed by atoms with Gasteiger partial charge in [-0.1, -0.05) is 44.2 Å². The van der Waals surface area contributed by atoms with Crippen LogP contribution in [0.2, 0.25) is 0 Å². The van der Waals surface area contributed by atoms with E-state index in [-0.39, 0.29) is 11.8 Å². The Bertz CT molecular complexity index is 679. The van der Waals surface area contributed by atoms with Gasteiger partial charge in [-0.25, -0.2) is 0 Å². The van der Waals surface area contributed by atoms with Crippen LogP contribution in [0.5, 0.6) is 5.75 Å². The van der Waals surface area contributed by atoms with E-state index in [0.717, 1.165) is 24.7 Å². The van der Waals surface area contributed by atoms with Crippen LogP contribution in [0.25, 0.3) is 0 Å². The summed E-state index contributed by atoms with van der Waals surface area (Å²) in [4.78, 5) is 23.4. The van der Waals surface area contributed by atoms with E-state index in [9.17, 15) is 9.59 Å². The SMILES string of the molecule is CCC(CC)C(=O)Nc1cc(C=O)ccc1OCc1ccccc1. The summed E-state index contributed by atoms with van der Waals surface area (Å²) in [7, 11) is 0. The Morgan fingerprint density at radius 3 is 2.46 bits per heavy atom. The standard InChI is InChI=1S/C20H23NO3/c1-3-17(4-2)20(23)21-18-12-16(13-22)10-11-19(18)24-14-15-8-6-5-7-9-15/h5-13,17H,3-4,14H2,1-2H3,(H,21,23). The number of rotatable bonds is 8. The molecule has 1 amide bonds. The zero-order valence-corrected chi connectivity index (χ0v) is 14.1. The molecular formula is C20H23NO3. The van der Waals surface area contributed by atoms with Crippen molar-refractivity contribution in [3.63, 3.8) is 0 Å². The quantitative estimate of drug-likeness (QED) is 0.729. The summed E-state index contributed by atoms with van der Waals surface area (Å²) in [6, 6.07) is 14.8. The number of aldehydes is 1. The van der Waals surface area contributed by atoms with E-state index in [2.05, 4.69) is 5.32 Å². The van der Waals surface area contributed by atoms with Gasteiger partial charge in [0.1, 0.15) is 18.6 Å². The topological polar surface area (TPSA) is 55.4 Å². The molecule has 0 aliphatic rings. The second-order valence-corrected chi connectivity index (χ2v) is 5.65. The van der Waals surface area contributed by atoms with Crippen LogP contribution in [-0.2, 0) is 11.4 Å². The smallest absolute Gasteiger partial charge is 0.227 e. The van der Waals surface area contributed by atoms with Gasteiger partial charge >= 0.3 is 0 Å². The van der Waals surface area contributed by atoms with Crippen molar-refractivity contribution >= 4 is 17.9 Å². The molecule has 24 heavy (non-hydrogen) atoms. The molecule has 2 aromatic carbocycles. The molecule has 0 unspecified atom stereocenters. The summed E-state index contributed by atoms with van der Waals surface area (Å²) in [6.45, 7) is 4.37. The second-order valence-electron chi connectivity index (χ2n) is 5.65. The number of nitrogens with one attached hydrogen (secondary N) is 1. The van der Waals surface area contributed by atoms with Crippen LogP contribution in [0.1, 0.15) is 42.6 Å². The van der Waals surface area contributed by atoms with Crippen LogP contribution in [0.4, 0.5) is 5.69 Å². The van der Waals surface area contributed by atoms with Gasteiger partial charge in [-0.15, -0.1) is 0 Å². The van der Waals surface area contributed by atoms with E-state index in [1.807, 2.05) is 44.2 Å². The molecule has 4 nitrogen and oxygen atoms in total. The van der Waals surface area contributed by atoms with Gasteiger partial charge in [0.15, 0.2) is 0 Å². The second kappa shape index (κ2) is 8.87. The lowest BCUT2D eigenvalue weighted by Crippen LogP contribution is -2.22. The highest BCUT2D eigenvalue weighted by molar-refractivity contribution is 5.95. The highest BCUT2D eigenvalue weighted by Gasteiger charge is 2.16. The van der Waals surface area contributed by atoms with Crippen molar-refractivity contribution in [1.29, 1.82) is 0 Å². The van der Waals surface area contributed by atoms with Crippen LogP contribution in [0.3, 0.4) is 0 Å². The van der Waals surface area contributed by atoms with Gasteiger partial charge in [0.2, 0.25) is 5.91 Å². The third-order valence-electron chi connectivity index (χ3n) is 3.99. The number of anilines is 1. The fourth-order valence-corrected chi connectivity index (χ4v) is 2.47. The first-order chi connectivity index (χ1) is 11.7. The fraction of sp³-hybridized carbons (Fsp3) is 0.300. The molecule has 0 spiro atoms. The number of ether oxygens (including phenoxy) is 1. The Labute approximate surface area is 142 Å². The van der Waals surface area contributed by atoms with Crippen LogP contribution >= 0.6 is 0 Å². The number of hydrogen-bond donors (Lipinski definition) is 1. The van der Waals surface area contributed by atoms with E-state index in [4.69, 9.17) is 4.74 Å². The molecule has 0 bridgehead atoms. The lowest BCUT2D eigenvalue weighted by Gasteiger charge is -2.16. The minimum atomic E-state index is -0.0492. The van der Waals surface area contributed by atoms with Crippen molar-refractivity contribution in [2.75, 3.05) is 5.32 Å². The lowest BCUT2D eigenvalue weighted by atomic mass is 10.0. The molecule has 0 fully saturated rings. The van der Waals surface area contributed by atoms with Gasteiger partial charge in [-0.2, -0.15) is 0 Å². The third kappa shape index (κ3) is 4.69. The number of benzene rings is 2. The van der Waals surface area contributed by atoms with Gasteiger partial charge in [-0.05, 0) is 36.6 Å². The van der Waals surface area contributed by atoms with Gasteiger partial charge in [-0.3, -0.25) is 9.59 Å². The third-order valence-corrected chi connectivity index (χ3v) is 3.99. The summed E-state index contributed by atoms with van der Waals surface area (Å²) in [5.41, 5.74) is 2.07. The van der Waals surface area contributed by atoms with Gasteiger partial charge in [0.25, 0.3) is 0 Å². The maximum atomic E-state index is 12.3. The van der Waals surface area contributed by atoms with E-state index >= 15 is 0 Å². The molecule has 0 saturated heterocycles. The molecule has 0 aliphatic carbocycles. The number of hydrogen-bond acceptors (Lipinski definition) is 3.